The molecule has 0 aliphatic carbocycles. The molecule has 0 aliphatic heterocycles. The first kappa shape index (κ1) is 21.5. The van der Waals surface area contributed by atoms with E-state index in [0.29, 0.717) is 16.1 Å². The highest BCUT2D eigenvalue weighted by atomic mass is 35.5. The highest BCUT2D eigenvalue weighted by molar-refractivity contribution is 7.53. The number of carbonyl (C=O) groups is 1. The van der Waals surface area contributed by atoms with Crippen LogP contribution in [-0.2, 0) is 19.8 Å². The highest BCUT2D eigenvalue weighted by Crippen LogP contribution is 2.52. The Morgan fingerprint density at radius 1 is 1.24 bits per heavy atom. The fourth-order valence-electron chi connectivity index (χ4n) is 2.49. The Bertz CT molecular complexity index is 1130. The monoisotopic (exact) mass is 457 g/mol. The van der Waals surface area contributed by atoms with Gasteiger partial charge in [0, 0.05) is 23.0 Å². The standard InChI is InChI=1S/C19H15ClF2NO4PS/c1-26-28(25,10-13-11-29-18-5-3-14(20)9-15(13)18)27-19(24)23-7-6-12-2-4-16(21)17(22)8-12/h2-9,11H,10H2,1H3,(H,23,24). The van der Waals surface area contributed by atoms with Gasteiger partial charge in [0.15, 0.2) is 11.6 Å². The molecule has 1 N–H and O–H groups in total. The molecule has 0 saturated carbocycles. The molecule has 3 aromatic rings. The molecule has 1 aromatic heterocycles. The lowest BCUT2D eigenvalue weighted by molar-refractivity contribution is 0.191. The number of halogens is 3. The maximum absolute atomic E-state index is 13.2. The van der Waals surface area contributed by atoms with E-state index >= 15 is 0 Å². The lowest BCUT2D eigenvalue weighted by Gasteiger charge is -2.15. The van der Waals surface area contributed by atoms with Crippen molar-refractivity contribution in [3.05, 3.63) is 75.8 Å². The predicted molar refractivity (Wildman–Crippen MR) is 110 cm³/mol. The lowest BCUT2D eigenvalue weighted by atomic mass is 10.2. The average molecular weight is 458 g/mol. The first-order chi connectivity index (χ1) is 13.8. The van der Waals surface area contributed by atoms with Crippen LogP contribution in [0.15, 0.2) is 48.0 Å². The normalized spacial score (nSPS) is 13.5. The maximum atomic E-state index is 13.2. The third-order valence-corrected chi connectivity index (χ3v) is 6.88. The minimum Gasteiger partial charge on any atom is -0.374 e. The Morgan fingerprint density at radius 3 is 2.76 bits per heavy atom. The first-order valence-corrected chi connectivity index (χ1v) is 11.2. The Labute approximate surface area is 174 Å². The minimum atomic E-state index is -3.78. The summed E-state index contributed by atoms with van der Waals surface area (Å²) in [5.41, 5.74) is 1.00. The van der Waals surface area contributed by atoms with Crippen molar-refractivity contribution in [2.75, 3.05) is 7.11 Å². The topological polar surface area (TPSA) is 64.6 Å². The largest absolute Gasteiger partial charge is 0.417 e. The van der Waals surface area contributed by atoms with E-state index in [1.54, 1.807) is 17.5 Å². The minimum absolute atomic E-state index is 0.121. The quantitative estimate of drug-likeness (QED) is 0.425. The molecule has 0 spiro atoms. The third kappa shape index (κ3) is 5.42. The highest BCUT2D eigenvalue weighted by Gasteiger charge is 2.29. The molecule has 1 atom stereocenters. The predicted octanol–water partition coefficient (Wildman–Crippen LogP) is 6.57. The summed E-state index contributed by atoms with van der Waals surface area (Å²) in [6.07, 6.45) is 1.36. The van der Waals surface area contributed by atoms with Gasteiger partial charge in [0.2, 0.25) is 0 Å². The van der Waals surface area contributed by atoms with Gasteiger partial charge >= 0.3 is 13.7 Å². The van der Waals surface area contributed by atoms with Gasteiger partial charge in [-0.2, -0.15) is 0 Å². The summed E-state index contributed by atoms with van der Waals surface area (Å²) in [6, 6.07) is 8.60. The molecule has 1 heterocycles. The van der Waals surface area contributed by atoms with Gasteiger partial charge in [-0.1, -0.05) is 17.7 Å². The number of benzene rings is 2. The van der Waals surface area contributed by atoms with E-state index in [0.717, 1.165) is 28.4 Å². The van der Waals surface area contributed by atoms with Gasteiger partial charge in [0.25, 0.3) is 0 Å². The number of hydrogen-bond donors (Lipinski definition) is 1. The van der Waals surface area contributed by atoms with Gasteiger partial charge < -0.3 is 9.05 Å². The molecule has 5 nitrogen and oxygen atoms in total. The molecule has 1 unspecified atom stereocenters. The van der Waals surface area contributed by atoms with E-state index in [9.17, 15) is 18.1 Å². The van der Waals surface area contributed by atoms with Gasteiger partial charge in [0.1, 0.15) is 0 Å². The van der Waals surface area contributed by atoms with Crippen molar-refractivity contribution < 1.29 is 27.2 Å². The molecule has 0 saturated heterocycles. The molecular formula is C19H15ClF2NO4PS. The number of rotatable bonds is 6. The van der Waals surface area contributed by atoms with Crippen LogP contribution in [0.25, 0.3) is 16.2 Å². The molecular weight excluding hydrogens is 443 g/mol. The van der Waals surface area contributed by atoms with Gasteiger partial charge in [-0.05, 0) is 58.3 Å². The van der Waals surface area contributed by atoms with Crippen LogP contribution in [0, 0.1) is 11.6 Å². The maximum Gasteiger partial charge on any atom is 0.417 e. The lowest BCUT2D eigenvalue weighted by Crippen LogP contribution is -2.18. The van der Waals surface area contributed by atoms with Crippen molar-refractivity contribution in [3.63, 3.8) is 0 Å². The number of hydrogen-bond acceptors (Lipinski definition) is 5. The van der Waals surface area contributed by atoms with Crippen LogP contribution in [0.3, 0.4) is 0 Å². The number of fused-ring (bicyclic) bond motifs is 1. The number of nitrogens with one attached hydrogen (secondary N) is 1. The van der Waals surface area contributed by atoms with Crippen LogP contribution >= 0.6 is 30.5 Å². The molecule has 0 fully saturated rings. The number of amides is 1. The van der Waals surface area contributed by atoms with Crippen molar-refractivity contribution in [2.45, 2.75) is 6.16 Å². The Morgan fingerprint density at radius 2 is 2.03 bits per heavy atom. The zero-order valence-corrected chi connectivity index (χ0v) is 17.5. The Kier molecular flexibility index (Phi) is 6.70. The third-order valence-electron chi connectivity index (χ3n) is 3.90. The van der Waals surface area contributed by atoms with E-state index in [2.05, 4.69) is 5.32 Å². The van der Waals surface area contributed by atoms with Crippen LogP contribution in [0.5, 0.6) is 0 Å². The molecule has 10 heteroatoms. The van der Waals surface area contributed by atoms with E-state index in [4.69, 9.17) is 20.6 Å². The smallest absolute Gasteiger partial charge is 0.374 e. The van der Waals surface area contributed by atoms with Crippen LogP contribution in [-0.4, -0.2) is 13.2 Å². The molecule has 1 amide bonds. The molecule has 152 valence electrons. The van der Waals surface area contributed by atoms with Crippen molar-refractivity contribution in [3.8, 4) is 0 Å². The molecule has 2 aromatic carbocycles. The summed E-state index contributed by atoms with van der Waals surface area (Å²) in [5.74, 6) is -1.99. The average Bonchev–Trinajstić information content (AvgIpc) is 3.06. The van der Waals surface area contributed by atoms with E-state index < -0.39 is 25.3 Å². The summed E-state index contributed by atoms with van der Waals surface area (Å²) < 4.78 is 49.9. The van der Waals surface area contributed by atoms with Crippen LogP contribution in [0.4, 0.5) is 13.6 Å². The van der Waals surface area contributed by atoms with E-state index in [1.807, 2.05) is 6.07 Å². The van der Waals surface area contributed by atoms with Gasteiger partial charge in [-0.3, -0.25) is 5.32 Å². The molecule has 0 bridgehead atoms. The summed E-state index contributed by atoms with van der Waals surface area (Å²) in [4.78, 5) is 12.0. The molecule has 0 radical (unpaired) electrons. The number of thiophene rings is 1. The van der Waals surface area contributed by atoms with Gasteiger partial charge in [-0.15, -0.1) is 11.3 Å². The second kappa shape index (κ2) is 9.05. The zero-order valence-electron chi connectivity index (χ0n) is 15.0. The summed E-state index contributed by atoms with van der Waals surface area (Å²) >= 11 is 7.47. The van der Waals surface area contributed by atoms with Crippen molar-refractivity contribution >= 4 is 52.8 Å². The second-order valence-corrected chi connectivity index (χ2v) is 9.32. The number of carbonyl (C=O) groups excluding carboxylic acids is 1. The van der Waals surface area contributed by atoms with E-state index in [1.165, 1.54) is 30.6 Å². The van der Waals surface area contributed by atoms with Gasteiger partial charge in [0.05, 0.1) is 6.16 Å². The Balaban J connectivity index is 1.66. The van der Waals surface area contributed by atoms with Gasteiger partial charge in [-0.25, -0.2) is 18.1 Å². The zero-order chi connectivity index (χ0) is 21.0. The van der Waals surface area contributed by atoms with E-state index in [-0.39, 0.29) is 6.16 Å². The fourth-order valence-corrected chi connectivity index (χ4v) is 4.99. The molecule has 0 aliphatic rings. The summed E-state index contributed by atoms with van der Waals surface area (Å²) in [7, 11) is -2.60. The van der Waals surface area contributed by atoms with Crippen molar-refractivity contribution in [2.24, 2.45) is 0 Å². The summed E-state index contributed by atoms with van der Waals surface area (Å²) in [5, 5.41) is 5.40. The fraction of sp³-hybridized carbons (Fsp3) is 0.105. The van der Waals surface area contributed by atoms with Crippen molar-refractivity contribution in [1.29, 1.82) is 0 Å². The van der Waals surface area contributed by atoms with Crippen LogP contribution in [0.1, 0.15) is 11.1 Å². The van der Waals surface area contributed by atoms with Crippen molar-refractivity contribution in [1.82, 2.24) is 5.32 Å². The second-order valence-electron chi connectivity index (χ2n) is 5.88. The molecule has 3 rings (SSSR count). The summed E-state index contributed by atoms with van der Waals surface area (Å²) in [6.45, 7) is 0. The first-order valence-electron chi connectivity index (χ1n) is 8.22. The molecule has 29 heavy (non-hydrogen) atoms. The van der Waals surface area contributed by atoms with Crippen LogP contribution < -0.4 is 5.32 Å². The SMILES string of the molecule is COP(=O)(Cc1csc2ccc(Cl)cc12)OC(=O)NC=Cc1ccc(F)c(F)c1. The Hall–Kier alpha value is -2.25. The van der Waals surface area contributed by atoms with Crippen LogP contribution in [0.2, 0.25) is 5.02 Å².